The maximum Gasteiger partial charge on any atom is 0.249 e. The molecule has 1 aliphatic carbocycles. The van der Waals surface area contributed by atoms with Gasteiger partial charge < -0.3 is 10.3 Å². The van der Waals surface area contributed by atoms with Crippen LogP contribution in [0.5, 0.6) is 0 Å². The van der Waals surface area contributed by atoms with E-state index in [1.807, 2.05) is 18.2 Å². The smallest absolute Gasteiger partial charge is 0.249 e. The molecule has 2 aromatic carbocycles. The number of hydrogen-bond acceptors (Lipinski definition) is 1. The Kier molecular flexibility index (Phi) is 2.96. The molecule has 2 N–H and O–H groups in total. The lowest BCUT2D eigenvalue weighted by atomic mass is 10.0. The van der Waals surface area contributed by atoms with E-state index in [1.165, 1.54) is 23.9 Å². The summed E-state index contributed by atoms with van der Waals surface area (Å²) in [6.45, 7) is 3.17. The Hall–Kier alpha value is -2.29. The third-order valence-corrected chi connectivity index (χ3v) is 4.67. The third-order valence-electron chi connectivity index (χ3n) is 4.67. The van der Waals surface area contributed by atoms with E-state index in [1.54, 1.807) is 0 Å². The van der Waals surface area contributed by atoms with Gasteiger partial charge in [-0.1, -0.05) is 19.1 Å². The van der Waals surface area contributed by atoms with Gasteiger partial charge in [-0.3, -0.25) is 4.79 Å². The summed E-state index contributed by atoms with van der Waals surface area (Å²) in [6.07, 6.45) is 3.59. The summed E-state index contributed by atoms with van der Waals surface area (Å²) in [6, 6.07) is 13.5. The zero-order valence-corrected chi connectivity index (χ0v) is 12.7. The molecule has 0 aliphatic heterocycles. The summed E-state index contributed by atoms with van der Waals surface area (Å²) >= 11 is 0. The van der Waals surface area contributed by atoms with Gasteiger partial charge in [-0.25, -0.2) is 0 Å². The number of aromatic nitrogens is 1. The normalized spacial score (nSPS) is 14.8. The van der Waals surface area contributed by atoms with Gasteiger partial charge in [-0.05, 0) is 55.0 Å². The van der Waals surface area contributed by atoms with Crippen LogP contribution in [0, 0.1) is 12.0 Å². The molecule has 1 aromatic heterocycles. The van der Waals surface area contributed by atoms with Crippen LogP contribution >= 0.6 is 0 Å². The van der Waals surface area contributed by atoms with Crippen molar-refractivity contribution in [3.63, 3.8) is 0 Å². The van der Waals surface area contributed by atoms with E-state index in [-0.39, 0.29) is 5.91 Å². The molecule has 3 heteroatoms. The molecule has 3 nitrogen and oxygen atoms in total. The molecular weight excluding hydrogens is 272 g/mol. The van der Waals surface area contributed by atoms with Gasteiger partial charge in [0.1, 0.15) is 0 Å². The quantitative estimate of drug-likeness (QED) is 0.783. The van der Waals surface area contributed by atoms with Gasteiger partial charge in [0, 0.05) is 28.4 Å². The second-order valence-corrected chi connectivity index (χ2v) is 6.24. The average Bonchev–Trinajstić information content (AvgIpc) is 3.30. The highest BCUT2D eigenvalue weighted by Crippen LogP contribution is 2.37. The first-order valence-electron chi connectivity index (χ1n) is 7.94. The van der Waals surface area contributed by atoms with Crippen molar-refractivity contribution in [2.24, 2.45) is 11.7 Å². The SMILES string of the molecule is CCc1c[c]c2c3c(C(N)=O)cccc3n(CC3CC3)c2c1. The topological polar surface area (TPSA) is 48.0 Å². The van der Waals surface area contributed by atoms with Gasteiger partial charge in [0.2, 0.25) is 5.91 Å². The minimum absolute atomic E-state index is 0.371. The van der Waals surface area contributed by atoms with Crippen molar-refractivity contribution in [3.8, 4) is 0 Å². The zero-order chi connectivity index (χ0) is 15.3. The van der Waals surface area contributed by atoms with Crippen molar-refractivity contribution in [3.05, 3.63) is 47.5 Å². The Balaban J connectivity index is 2.10. The Morgan fingerprint density at radius 2 is 2.18 bits per heavy atom. The van der Waals surface area contributed by atoms with Crippen LogP contribution in [0.1, 0.15) is 35.7 Å². The predicted octanol–water partition coefficient (Wildman–Crippen LogP) is 3.67. The Labute approximate surface area is 129 Å². The van der Waals surface area contributed by atoms with Crippen molar-refractivity contribution in [1.82, 2.24) is 4.57 Å². The van der Waals surface area contributed by atoms with Crippen molar-refractivity contribution in [2.45, 2.75) is 32.7 Å². The van der Waals surface area contributed by atoms with Gasteiger partial charge in [-0.2, -0.15) is 0 Å². The molecule has 1 heterocycles. The fourth-order valence-electron chi connectivity index (χ4n) is 3.26. The van der Waals surface area contributed by atoms with Gasteiger partial charge >= 0.3 is 0 Å². The molecule has 0 atom stereocenters. The van der Waals surface area contributed by atoms with Crippen molar-refractivity contribution >= 4 is 27.7 Å². The molecule has 1 amide bonds. The highest BCUT2D eigenvalue weighted by Gasteiger charge is 2.24. The Morgan fingerprint density at radius 1 is 1.36 bits per heavy atom. The zero-order valence-electron chi connectivity index (χ0n) is 12.7. The lowest BCUT2D eigenvalue weighted by Gasteiger charge is -2.07. The Morgan fingerprint density at radius 3 is 2.86 bits per heavy atom. The fourth-order valence-corrected chi connectivity index (χ4v) is 3.26. The van der Waals surface area contributed by atoms with Gasteiger partial charge in [0.25, 0.3) is 0 Å². The standard InChI is InChI=1S/C19H19N2O/c1-2-12-8-9-14-17(10-12)21(11-13-6-7-13)16-5-3-4-15(18(14)16)19(20)22/h3-5,8,10,13H,2,6-7,11H2,1H3,(H2,20,22). The molecular formula is C19H19N2O. The number of amides is 1. The molecule has 22 heavy (non-hydrogen) atoms. The van der Waals surface area contributed by atoms with Gasteiger partial charge in [-0.15, -0.1) is 0 Å². The molecule has 1 aliphatic rings. The largest absolute Gasteiger partial charge is 0.366 e. The van der Waals surface area contributed by atoms with Crippen LogP contribution in [-0.4, -0.2) is 10.5 Å². The molecule has 1 saturated carbocycles. The lowest BCUT2D eigenvalue weighted by Crippen LogP contribution is -2.11. The summed E-state index contributed by atoms with van der Waals surface area (Å²) in [5, 5.41) is 1.97. The third kappa shape index (κ3) is 2.00. The summed E-state index contributed by atoms with van der Waals surface area (Å²) < 4.78 is 2.35. The molecule has 3 aromatic rings. The highest BCUT2D eigenvalue weighted by atomic mass is 16.1. The van der Waals surface area contributed by atoms with Gasteiger partial charge in [0.15, 0.2) is 0 Å². The minimum Gasteiger partial charge on any atom is -0.366 e. The number of rotatable bonds is 4. The monoisotopic (exact) mass is 291 g/mol. The van der Waals surface area contributed by atoms with E-state index in [2.05, 4.69) is 29.7 Å². The van der Waals surface area contributed by atoms with E-state index in [9.17, 15) is 4.79 Å². The van der Waals surface area contributed by atoms with Crippen LogP contribution in [0.2, 0.25) is 0 Å². The van der Waals surface area contributed by atoms with E-state index in [4.69, 9.17) is 5.73 Å². The first-order chi connectivity index (χ1) is 10.7. The number of hydrogen-bond donors (Lipinski definition) is 1. The number of nitrogens with zero attached hydrogens (tertiary/aromatic N) is 1. The summed E-state index contributed by atoms with van der Waals surface area (Å²) in [5.74, 6) is 0.394. The highest BCUT2D eigenvalue weighted by molar-refractivity contribution is 6.17. The van der Waals surface area contributed by atoms with Crippen LogP contribution in [-0.2, 0) is 13.0 Å². The number of carbonyl (C=O) groups is 1. The average molecular weight is 291 g/mol. The molecule has 0 unspecified atom stereocenters. The van der Waals surface area contributed by atoms with Crippen LogP contribution in [0.15, 0.2) is 30.3 Å². The van der Waals surface area contributed by atoms with E-state index in [0.717, 1.165) is 35.2 Å². The second-order valence-electron chi connectivity index (χ2n) is 6.24. The minimum atomic E-state index is -0.371. The number of fused-ring (bicyclic) bond motifs is 3. The molecule has 1 radical (unpaired) electrons. The van der Waals surface area contributed by atoms with Crippen LogP contribution in [0.25, 0.3) is 21.8 Å². The van der Waals surface area contributed by atoms with Gasteiger partial charge in [0.05, 0.1) is 5.52 Å². The number of primary amides is 1. The number of carbonyl (C=O) groups excluding carboxylic acids is 1. The van der Waals surface area contributed by atoms with Crippen molar-refractivity contribution < 1.29 is 4.79 Å². The van der Waals surface area contributed by atoms with Crippen LogP contribution in [0.3, 0.4) is 0 Å². The van der Waals surface area contributed by atoms with E-state index < -0.39 is 0 Å². The number of nitrogens with two attached hydrogens (primary N) is 1. The number of benzene rings is 2. The lowest BCUT2D eigenvalue weighted by molar-refractivity contribution is 0.100. The first kappa shape index (κ1) is 13.4. The van der Waals surface area contributed by atoms with E-state index >= 15 is 0 Å². The molecule has 1 fully saturated rings. The molecule has 111 valence electrons. The maximum absolute atomic E-state index is 11.8. The molecule has 0 spiro atoms. The molecule has 0 saturated heterocycles. The Bertz CT molecular complexity index is 887. The summed E-state index contributed by atoms with van der Waals surface area (Å²) in [7, 11) is 0. The predicted molar refractivity (Wildman–Crippen MR) is 88.9 cm³/mol. The van der Waals surface area contributed by atoms with E-state index in [0.29, 0.717) is 5.56 Å². The fraction of sp³-hybridized carbons (Fsp3) is 0.316. The molecule has 4 rings (SSSR count). The summed E-state index contributed by atoms with van der Waals surface area (Å²) in [4.78, 5) is 11.8. The van der Waals surface area contributed by atoms with Crippen LogP contribution in [0.4, 0.5) is 0 Å². The number of aryl methyl sites for hydroxylation is 1. The first-order valence-corrected chi connectivity index (χ1v) is 7.94. The summed E-state index contributed by atoms with van der Waals surface area (Å²) in [5.41, 5.74) is 9.73. The van der Waals surface area contributed by atoms with Crippen molar-refractivity contribution in [2.75, 3.05) is 0 Å². The van der Waals surface area contributed by atoms with Crippen molar-refractivity contribution in [1.29, 1.82) is 0 Å². The molecule has 0 bridgehead atoms. The second kappa shape index (κ2) is 4.87. The maximum atomic E-state index is 11.8. The van der Waals surface area contributed by atoms with Crippen LogP contribution < -0.4 is 5.73 Å².